The largest absolute Gasteiger partial charge is 0.351 e. The Morgan fingerprint density at radius 3 is 2.75 bits per heavy atom. The van der Waals surface area contributed by atoms with E-state index in [2.05, 4.69) is 23.1 Å². The van der Waals surface area contributed by atoms with Crippen LogP contribution in [-0.4, -0.2) is 30.4 Å². The number of benzene rings is 1. The van der Waals surface area contributed by atoms with Crippen molar-refractivity contribution in [3.8, 4) is 0 Å². The van der Waals surface area contributed by atoms with Gasteiger partial charge in [0.2, 0.25) is 11.8 Å². The Kier molecular flexibility index (Phi) is 5.48. The van der Waals surface area contributed by atoms with E-state index in [0.717, 1.165) is 43.5 Å². The molecule has 0 aliphatic carbocycles. The van der Waals surface area contributed by atoms with Crippen LogP contribution in [0, 0.1) is 0 Å². The zero-order valence-corrected chi connectivity index (χ0v) is 14.2. The van der Waals surface area contributed by atoms with Crippen LogP contribution in [0.1, 0.15) is 44.6 Å². The normalized spacial score (nSPS) is 23.7. The number of hydrazine groups is 1. The van der Waals surface area contributed by atoms with Crippen LogP contribution in [0.3, 0.4) is 0 Å². The molecule has 24 heavy (non-hydrogen) atoms. The number of rotatable bonds is 6. The van der Waals surface area contributed by atoms with Gasteiger partial charge in [0.1, 0.15) is 6.04 Å². The van der Waals surface area contributed by atoms with Crippen molar-refractivity contribution in [1.82, 2.24) is 16.2 Å². The molecule has 3 rings (SSSR count). The monoisotopic (exact) mass is 330 g/mol. The van der Waals surface area contributed by atoms with Crippen molar-refractivity contribution in [1.29, 1.82) is 0 Å². The van der Waals surface area contributed by atoms with Gasteiger partial charge in [-0.05, 0) is 37.0 Å². The van der Waals surface area contributed by atoms with E-state index >= 15 is 0 Å². The zero-order valence-electron chi connectivity index (χ0n) is 14.2. The molecule has 2 saturated heterocycles. The lowest BCUT2D eigenvalue weighted by atomic mass is 10.1. The molecule has 1 aromatic rings. The molecule has 0 spiro atoms. The van der Waals surface area contributed by atoms with E-state index < -0.39 is 0 Å². The number of carbonyl (C=O) groups is 2. The number of nitrogens with one attached hydrogen (secondary N) is 3. The van der Waals surface area contributed by atoms with Crippen molar-refractivity contribution in [2.75, 3.05) is 11.4 Å². The highest BCUT2D eigenvalue weighted by atomic mass is 16.2. The van der Waals surface area contributed by atoms with Crippen molar-refractivity contribution >= 4 is 17.5 Å². The first-order chi connectivity index (χ1) is 11.7. The van der Waals surface area contributed by atoms with Gasteiger partial charge in [0, 0.05) is 31.2 Å². The lowest BCUT2D eigenvalue weighted by Crippen LogP contribution is -2.43. The molecular weight excluding hydrogens is 304 g/mol. The van der Waals surface area contributed by atoms with Crippen LogP contribution in [0.5, 0.6) is 0 Å². The number of hydrogen-bond acceptors (Lipinski definition) is 4. The van der Waals surface area contributed by atoms with Gasteiger partial charge in [-0.15, -0.1) is 0 Å². The summed E-state index contributed by atoms with van der Waals surface area (Å²) in [4.78, 5) is 25.8. The summed E-state index contributed by atoms with van der Waals surface area (Å²) in [6.45, 7) is 3.45. The van der Waals surface area contributed by atoms with Crippen molar-refractivity contribution in [3.05, 3.63) is 29.8 Å². The van der Waals surface area contributed by atoms with Gasteiger partial charge in [0.25, 0.3) is 0 Å². The van der Waals surface area contributed by atoms with Crippen LogP contribution in [0.4, 0.5) is 5.69 Å². The van der Waals surface area contributed by atoms with Crippen molar-refractivity contribution in [3.63, 3.8) is 0 Å². The number of anilines is 1. The standard InChI is InChI=1S/C18H26N4O2/c1-2-4-14-11-16(21-20-14)18(24)19-12-13-6-8-15(9-7-13)22-10-3-5-17(22)23/h6-9,14,16,20-21H,2-5,10-12H2,1H3,(H,19,24). The summed E-state index contributed by atoms with van der Waals surface area (Å²) < 4.78 is 0. The second-order valence-corrected chi connectivity index (χ2v) is 6.60. The van der Waals surface area contributed by atoms with E-state index in [-0.39, 0.29) is 17.9 Å². The van der Waals surface area contributed by atoms with Crippen molar-refractivity contribution in [2.45, 2.75) is 57.7 Å². The Balaban J connectivity index is 1.48. The average molecular weight is 330 g/mol. The molecule has 0 radical (unpaired) electrons. The predicted molar refractivity (Wildman–Crippen MR) is 93.2 cm³/mol. The molecule has 0 bridgehead atoms. The minimum absolute atomic E-state index is 0.0277. The van der Waals surface area contributed by atoms with Crippen LogP contribution in [-0.2, 0) is 16.1 Å². The molecule has 2 amide bonds. The Morgan fingerprint density at radius 2 is 2.08 bits per heavy atom. The molecule has 1 aromatic carbocycles. The van der Waals surface area contributed by atoms with E-state index in [1.807, 2.05) is 29.2 Å². The minimum Gasteiger partial charge on any atom is -0.351 e. The Labute approximate surface area is 143 Å². The van der Waals surface area contributed by atoms with E-state index in [0.29, 0.717) is 19.0 Å². The molecule has 6 heteroatoms. The second kappa shape index (κ2) is 7.77. The highest BCUT2D eigenvalue weighted by molar-refractivity contribution is 5.95. The van der Waals surface area contributed by atoms with Crippen LogP contribution >= 0.6 is 0 Å². The smallest absolute Gasteiger partial charge is 0.238 e. The molecule has 2 aliphatic rings. The van der Waals surface area contributed by atoms with Gasteiger partial charge in [-0.2, -0.15) is 0 Å². The third-order valence-electron chi connectivity index (χ3n) is 4.72. The zero-order chi connectivity index (χ0) is 16.9. The van der Waals surface area contributed by atoms with Crippen LogP contribution in [0.2, 0.25) is 0 Å². The van der Waals surface area contributed by atoms with Gasteiger partial charge in [-0.3, -0.25) is 15.0 Å². The first-order valence-corrected chi connectivity index (χ1v) is 8.85. The molecule has 0 aromatic heterocycles. The molecule has 2 heterocycles. The Hall–Kier alpha value is -1.92. The molecule has 2 aliphatic heterocycles. The van der Waals surface area contributed by atoms with E-state index in [1.54, 1.807) is 0 Å². The first-order valence-electron chi connectivity index (χ1n) is 8.85. The highest BCUT2D eigenvalue weighted by Gasteiger charge is 2.28. The number of hydrogen-bond donors (Lipinski definition) is 3. The molecule has 2 fully saturated rings. The van der Waals surface area contributed by atoms with Gasteiger partial charge >= 0.3 is 0 Å². The van der Waals surface area contributed by atoms with Crippen LogP contribution < -0.4 is 21.1 Å². The third kappa shape index (κ3) is 3.94. The fraction of sp³-hybridized carbons (Fsp3) is 0.556. The van der Waals surface area contributed by atoms with Crippen LogP contribution in [0.25, 0.3) is 0 Å². The summed E-state index contributed by atoms with van der Waals surface area (Å²) in [5, 5.41) is 2.98. The van der Waals surface area contributed by atoms with E-state index in [4.69, 9.17) is 0 Å². The van der Waals surface area contributed by atoms with Gasteiger partial charge < -0.3 is 10.2 Å². The lowest BCUT2D eigenvalue weighted by Gasteiger charge is -2.16. The van der Waals surface area contributed by atoms with E-state index in [1.165, 1.54) is 0 Å². The topological polar surface area (TPSA) is 73.5 Å². The SMILES string of the molecule is CCCC1CC(C(=O)NCc2ccc(N3CCCC3=O)cc2)NN1. The molecule has 130 valence electrons. The highest BCUT2D eigenvalue weighted by Crippen LogP contribution is 2.21. The lowest BCUT2D eigenvalue weighted by molar-refractivity contribution is -0.123. The molecule has 6 nitrogen and oxygen atoms in total. The van der Waals surface area contributed by atoms with Gasteiger partial charge in [0.05, 0.1) is 0 Å². The second-order valence-electron chi connectivity index (χ2n) is 6.60. The predicted octanol–water partition coefficient (Wildman–Crippen LogP) is 1.46. The number of amides is 2. The van der Waals surface area contributed by atoms with E-state index in [9.17, 15) is 9.59 Å². The summed E-state index contributed by atoms with van der Waals surface area (Å²) in [6.07, 6.45) is 4.58. The molecule has 0 saturated carbocycles. The minimum atomic E-state index is -0.164. The van der Waals surface area contributed by atoms with Gasteiger partial charge in [-0.1, -0.05) is 25.5 Å². The average Bonchev–Trinajstić information content (AvgIpc) is 3.23. The maximum atomic E-state index is 12.2. The number of carbonyl (C=O) groups excluding carboxylic acids is 2. The fourth-order valence-corrected chi connectivity index (χ4v) is 3.36. The maximum Gasteiger partial charge on any atom is 0.238 e. The summed E-state index contributed by atoms with van der Waals surface area (Å²) in [5.74, 6) is 0.220. The van der Waals surface area contributed by atoms with Gasteiger partial charge in [-0.25, -0.2) is 5.43 Å². The molecule has 3 N–H and O–H groups in total. The Bertz CT molecular complexity index is 587. The molecule has 2 unspecified atom stereocenters. The van der Waals surface area contributed by atoms with Crippen molar-refractivity contribution in [2.24, 2.45) is 0 Å². The van der Waals surface area contributed by atoms with Gasteiger partial charge in [0.15, 0.2) is 0 Å². The molecule has 2 atom stereocenters. The summed E-state index contributed by atoms with van der Waals surface area (Å²) in [7, 11) is 0. The number of nitrogens with zero attached hydrogens (tertiary/aromatic N) is 1. The quantitative estimate of drug-likeness (QED) is 0.738. The van der Waals surface area contributed by atoms with Crippen LogP contribution in [0.15, 0.2) is 24.3 Å². The molecular formula is C18H26N4O2. The first kappa shape index (κ1) is 16.9. The third-order valence-corrected chi connectivity index (χ3v) is 4.72. The maximum absolute atomic E-state index is 12.2. The summed E-state index contributed by atoms with van der Waals surface area (Å²) >= 11 is 0. The fourth-order valence-electron chi connectivity index (χ4n) is 3.36. The summed E-state index contributed by atoms with van der Waals surface area (Å²) in [6, 6.07) is 8.07. The van der Waals surface area contributed by atoms with Crippen molar-refractivity contribution < 1.29 is 9.59 Å². The Morgan fingerprint density at radius 1 is 1.29 bits per heavy atom. The summed E-state index contributed by atoms with van der Waals surface area (Å²) in [5.41, 5.74) is 8.23.